The highest BCUT2D eigenvalue weighted by molar-refractivity contribution is 7.89. The lowest BCUT2D eigenvalue weighted by molar-refractivity contribution is -0.121. The van der Waals surface area contributed by atoms with Crippen molar-refractivity contribution in [3.05, 3.63) is 58.9 Å². The smallest absolute Gasteiger partial charge is 0.340 e. The number of carbonyl (C=O) groups excluding carboxylic acids is 2. The SMILES string of the molecule is CCN(C(=O)COC(=O)c1cc(S(N)(=O)=O)ccc1Cl)c1ccc(F)cc1. The lowest BCUT2D eigenvalue weighted by Crippen LogP contribution is -2.34. The van der Waals surface area contributed by atoms with Crippen LogP contribution in [0.3, 0.4) is 0 Å². The van der Waals surface area contributed by atoms with Crippen LogP contribution in [0, 0.1) is 5.82 Å². The van der Waals surface area contributed by atoms with Gasteiger partial charge in [0.25, 0.3) is 5.91 Å². The van der Waals surface area contributed by atoms with Crippen molar-refractivity contribution in [1.29, 1.82) is 0 Å². The molecule has 2 rings (SSSR count). The Kier molecular flexibility index (Phi) is 6.53. The minimum absolute atomic E-state index is 0.0502. The molecule has 0 spiro atoms. The lowest BCUT2D eigenvalue weighted by atomic mass is 10.2. The summed E-state index contributed by atoms with van der Waals surface area (Å²) in [6.45, 7) is 1.36. The quantitative estimate of drug-likeness (QED) is 0.730. The Hall–Kier alpha value is -2.49. The number of nitrogens with zero attached hydrogens (tertiary/aromatic N) is 1. The standard InChI is InChI=1S/C17H16ClFN2O5S/c1-2-21(12-5-3-11(19)4-6-12)16(22)10-26-17(23)14-9-13(27(20,24)25)7-8-15(14)18/h3-9H,2,10H2,1H3,(H2,20,24,25). The number of sulfonamides is 1. The number of primary sulfonamides is 1. The number of rotatable bonds is 6. The molecule has 0 aliphatic heterocycles. The number of hydrogen-bond donors (Lipinski definition) is 1. The Bertz CT molecular complexity index is 964. The minimum Gasteiger partial charge on any atom is -0.452 e. The first-order valence-corrected chi connectivity index (χ1v) is 9.61. The summed E-state index contributed by atoms with van der Waals surface area (Å²) in [6, 6.07) is 8.56. The summed E-state index contributed by atoms with van der Waals surface area (Å²) in [5.74, 6) is -1.97. The van der Waals surface area contributed by atoms with Gasteiger partial charge in [0.2, 0.25) is 10.0 Å². The van der Waals surface area contributed by atoms with Gasteiger partial charge in [-0.15, -0.1) is 0 Å². The van der Waals surface area contributed by atoms with Crippen molar-refractivity contribution < 1.29 is 27.1 Å². The third-order valence-electron chi connectivity index (χ3n) is 3.57. The predicted molar refractivity (Wildman–Crippen MR) is 97.5 cm³/mol. The second kappa shape index (κ2) is 8.47. The number of benzene rings is 2. The fourth-order valence-corrected chi connectivity index (χ4v) is 2.98. The number of hydrogen-bond acceptors (Lipinski definition) is 5. The average Bonchev–Trinajstić information content (AvgIpc) is 2.61. The highest BCUT2D eigenvalue weighted by Gasteiger charge is 2.20. The maximum atomic E-state index is 13.0. The monoisotopic (exact) mass is 414 g/mol. The highest BCUT2D eigenvalue weighted by Crippen LogP contribution is 2.21. The first-order chi connectivity index (χ1) is 12.6. The molecule has 0 fully saturated rings. The van der Waals surface area contributed by atoms with Crippen molar-refractivity contribution in [2.75, 3.05) is 18.1 Å². The molecule has 0 bridgehead atoms. The molecule has 0 unspecified atom stereocenters. The van der Waals surface area contributed by atoms with Gasteiger partial charge in [0.05, 0.1) is 15.5 Å². The molecular weight excluding hydrogens is 399 g/mol. The molecule has 2 aromatic rings. The molecule has 7 nitrogen and oxygen atoms in total. The number of carbonyl (C=O) groups is 2. The van der Waals surface area contributed by atoms with E-state index in [0.29, 0.717) is 5.69 Å². The van der Waals surface area contributed by atoms with Crippen LogP contribution < -0.4 is 10.0 Å². The number of nitrogens with two attached hydrogens (primary N) is 1. The Morgan fingerprint density at radius 1 is 1.19 bits per heavy atom. The van der Waals surface area contributed by atoms with E-state index in [0.717, 1.165) is 12.1 Å². The summed E-state index contributed by atoms with van der Waals surface area (Å²) in [7, 11) is -4.04. The first-order valence-electron chi connectivity index (χ1n) is 7.69. The molecular formula is C17H16ClFN2O5S. The van der Waals surface area contributed by atoms with E-state index in [1.807, 2.05) is 0 Å². The minimum atomic E-state index is -4.04. The van der Waals surface area contributed by atoms with Gasteiger partial charge in [0.15, 0.2) is 6.61 Å². The first kappa shape index (κ1) is 20.8. The van der Waals surface area contributed by atoms with Crippen molar-refractivity contribution in [2.24, 2.45) is 5.14 Å². The number of esters is 1. The van der Waals surface area contributed by atoms with Crippen LogP contribution in [0.15, 0.2) is 47.4 Å². The summed E-state index contributed by atoms with van der Waals surface area (Å²) in [4.78, 5) is 25.5. The highest BCUT2D eigenvalue weighted by atomic mass is 35.5. The van der Waals surface area contributed by atoms with Crippen molar-refractivity contribution in [3.63, 3.8) is 0 Å². The lowest BCUT2D eigenvalue weighted by Gasteiger charge is -2.21. The van der Waals surface area contributed by atoms with Gasteiger partial charge < -0.3 is 9.64 Å². The van der Waals surface area contributed by atoms with Crippen LogP contribution in [0.25, 0.3) is 0 Å². The van der Waals surface area contributed by atoms with Gasteiger partial charge in [0.1, 0.15) is 5.82 Å². The fraction of sp³-hybridized carbons (Fsp3) is 0.176. The molecule has 0 heterocycles. The van der Waals surface area contributed by atoms with E-state index in [1.165, 1.54) is 35.2 Å². The average molecular weight is 415 g/mol. The van der Waals surface area contributed by atoms with Crippen LogP contribution in [-0.4, -0.2) is 33.4 Å². The number of likely N-dealkylation sites (N-methyl/N-ethyl adjacent to an activating group) is 1. The van der Waals surface area contributed by atoms with Gasteiger partial charge in [0, 0.05) is 12.2 Å². The molecule has 0 aliphatic carbocycles. The molecule has 10 heteroatoms. The molecule has 2 aromatic carbocycles. The van der Waals surface area contributed by atoms with E-state index < -0.39 is 34.3 Å². The van der Waals surface area contributed by atoms with Crippen LogP contribution in [-0.2, 0) is 19.6 Å². The third kappa shape index (κ3) is 5.25. The molecule has 27 heavy (non-hydrogen) atoms. The maximum absolute atomic E-state index is 13.0. The molecule has 0 atom stereocenters. The molecule has 0 saturated heterocycles. The molecule has 2 N–H and O–H groups in total. The number of ether oxygens (including phenoxy) is 1. The Balaban J connectivity index is 2.12. The summed E-state index contributed by atoms with van der Waals surface area (Å²) < 4.78 is 40.7. The zero-order chi connectivity index (χ0) is 20.2. The van der Waals surface area contributed by atoms with Crippen molar-refractivity contribution in [1.82, 2.24) is 0 Å². The predicted octanol–water partition coefficient (Wildman–Crippen LogP) is 2.34. The molecule has 1 amide bonds. The Morgan fingerprint density at radius 2 is 1.81 bits per heavy atom. The largest absolute Gasteiger partial charge is 0.452 e. The fourth-order valence-electron chi connectivity index (χ4n) is 2.24. The number of halogens is 2. The zero-order valence-corrected chi connectivity index (χ0v) is 15.8. The van der Waals surface area contributed by atoms with Gasteiger partial charge in [-0.1, -0.05) is 11.6 Å². The van der Waals surface area contributed by atoms with Gasteiger partial charge >= 0.3 is 5.97 Å². The molecule has 0 radical (unpaired) electrons. The topological polar surface area (TPSA) is 107 Å². The zero-order valence-electron chi connectivity index (χ0n) is 14.2. The second-order valence-electron chi connectivity index (χ2n) is 5.38. The van der Waals surface area contributed by atoms with E-state index in [1.54, 1.807) is 6.92 Å². The van der Waals surface area contributed by atoms with Crippen molar-refractivity contribution in [2.45, 2.75) is 11.8 Å². The van der Waals surface area contributed by atoms with E-state index in [4.69, 9.17) is 21.5 Å². The van der Waals surface area contributed by atoms with Crippen LogP contribution >= 0.6 is 11.6 Å². The van der Waals surface area contributed by atoms with Crippen molar-refractivity contribution >= 4 is 39.2 Å². The van der Waals surface area contributed by atoms with E-state index >= 15 is 0 Å². The Morgan fingerprint density at radius 3 is 2.37 bits per heavy atom. The summed E-state index contributed by atoms with van der Waals surface area (Å²) in [5, 5.41) is 4.97. The van der Waals surface area contributed by atoms with Crippen molar-refractivity contribution in [3.8, 4) is 0 Å². The van der Waals surface area contributed by atoms with Crippen LogP contribution in [0.1, 0.15) is 17.3 Å². The molecule has 0 aliphatic rings. The Labute approximate surface area is 160 Å². The second-order valence-corrected chi connectivity index (χ2v) is 7.35. The number of amides is 1. The third-order valence-corrected chi connectivity index (χ3v) is 4.81. The maximum Gasteiger partial charge on any atom is 0.340 e. The normalized spacial score (nSPS) is 11.1. The van der Waals surface area contributed by atoms with Crippen LogP contribution in [0.2, 0.25) is 5.02 Å². The molecule has 0 saturated carbocycles. The van der Waals surface area contributed by atoms with Crippen LogP contribution in [0.4, 0.5) is 10.1 Å². The molecule has 0 aromatic heterocycles. The summed E-state index contributed by atoms with van der Waals surface area (Å²) in [6.07, 6.45) is 0. The van der Waals surface area contributed by atoms with Crippen LogP contribution in [0.5, 0.6) is 0 Å². The van der Waals surface area contributed by atoms with Gasteiger partial charge in [-0.05, 0) is 49.4 Å². The summed E-state index contributed by atoms with van der Waals surface area (Å²) >= 11 is 5.89. The number of anilines is 1. The van der Waals surface area contributed by atoms with E-state index in [9.17, 15) is 22.4 Å². The van der Waals surface area contributed by atoms with Gasteiger partial charge in [-0.25, -0.2) is 22.7 Å². The van der Waals surface area contributed by atoms with E-state index in [2.05, 4.69) is 0 Å². The summed E-state index contributed by atoms with van der Waals surface area (Å²) in [5.41, 5.74) is 0.204. The van der Waals surface area contributed by atoms with Gasteiger partial charge in [-0.2, -0.15) is 0 Å². The molecule has 144 valence electrons. The van der Waals surface area contributed by atoms with Gasteiger partial charge in [-0.3, -0.25) is 4.79 Å². The van der Waals surface area contributed by atoms with E-state index in [-0.39, 0.29) is 22.0 Å².